The highest BCUT2D eigenvalue weighted by molar-refractivity contribution is 6.74. The molecule has 1 aromatic rings. The van der Waals surface area contributed by atoms with Crippen LogP contribution in [0.25, 0.3) is 5.57 Å². The molecule has 0 aromatic heterocycles. The number of rotatable bonds is 7. The highest BCUT2D eigenvalue weighted by Crippen LogP contribution is 2.48. The zero-order valence-electron chi connectivity index (χ0n) is 17.4. The van der Waals surface area contributed by atoms with Crippen LogP contribution in [-0.4, -0.2) is 27.5 Å². The smallest absolute Gasteiger partial charge is 0.309 e. The fourth-order valence-corrected chi connectivity index (χ4v) is 3.73. The van der Waals surface area contributed by atoms with Crippen molar-refractivity contribution in [3.8, 4) is 0 Å². The van der Waals surface area contributed by atoms with Crippen LogP contribution in [0.4, 0.5) is 0 Å². The number of esters is 1. The van der Waals surface area contributed by atoms with Crippen LogP contribution in [0.1, 0.15) is 58.1 Å². The molecule has 0 aliphatic heterocycles. The van der Waals surface area contributed by atoms with Gasteiger partial charge in [-0.25, -0.2) is 0 Å². The Balaban J connectivity index is 2.00. The average Bonchev–Trinajstić information content (AvgIpc) is 3.34. The van der Waals surface area contributed by atoms with E-state index in [1.165, 1.54) is 16.7 Å². The standard InChI is InChI=1S/C22H34O3Si/c1-8-24-21(23)20-15-19(20)18-11-9-10-17(14-18)16(2)12-13-25-26(6,7)22(3,4)5/h9-12,14,19-20H,8,13,15H2,1-7H3/b16-12+/t19-,20+/m0/s1. The number of hydrogen-bond donors (Lipinski definition) is 0. The third kappa shape index (κ3) is 5.07. The number of carbonyl (C=O) groups is 1. The molecule has 0 bridgehead atoms. The van der Waals surface area contributed by atoms with Crippen molar-refractivity contribution in [1.82, 2.24) is 0 Å². The van der Waals surface area contributed by atoms with E-state index in [9.17, 15) is 4.79 Å². The van der Waals surface area contributed by atoms with Gasteiger partial charge >= 0.3 is 5.97 Å². The average molecular weight is 375 g/mol. The van der Waals surface area contributed by atoms with Gasteiger partial charge in [0, 0.05) is 0 Å². The zero-order chi connectivity index (χ0) is 19.5. The normalized spacial score (nSPS) is 20.8. The van der Waals surface area contributed by atoms with Gasteiger partial charge in [0.1, 0.15) is 0 Å². The van der Waals surface area contributed by atoms with Crippen molar-refractivity contribution < 1.29 is 14.0 Å². The first-order valence-electron chi connectivity index (χ1n) is 9.64. The lowest BCUT2D eigenvalue weighted by Gasteiger charge is -2.35. The summed E-state index contributed by atoms with van der Waals surface area (Å²) in [6, 6.07) is 8.54. The lowest BCUT2D eigenvalue weighted by molar-refractivity contribution is -0.144. The van der Waals surface area contributed by atoms with Crippen LogP contribution in [0.3, 0.4) is 0 Å². The molecule has 3 nitrogen and oxygen atoms in total. The summed E-state index contributed by atoms with van der Waals surface area (Å²) in [6.45, 7) is 16.4. The van der Waals surface area contributed by atoms with Crippen LogP contribution in [0.5, 0.6) is 0 Å². The quantitative estimate of drug-likeness (QED) is 0.448. The number of benzene rings is 1. The first kappa shape index (κ1) is 20.9. The number of hydrogen-bond acceptors (Lipinski definition) is 3. The van der Waals surface area contributed by atoms with Gasteiger partial charge in [-0.15, -0.1) is 0 Å². The molecule has 1 aliphatic carbocycles. The van der Waals surface area contributed by atoms with Gasteiger partial charge in [0.25, 0.3) is 0 Å². The Morgan fingerprint density at radius 3 is 2.62 bits per heavy atom. The molecule has 0 amide bonds. The van der Waals surface area contributed by atoms with Gasteiger partial charge < -0.3 is 9.16 Å². The van der Waals surface area contributed by atoms with E-state index in [4.69, 9.17) is 9.16 Å². The van der Waals surface area contributed by atoms with Crippen LogP contribution in [0, 0.1) is 5.92 Å². The van der Waals surface area contributed by atoms with Crippen LogP contribution in [-0.2, 0) is 14.0 Å². The Hall–Kier alpha value is -1.39. The predicted molar refractivity (Wildman–Crippen MR) is 111 cm³/mol. The van der Waals surface area contributed by atoms with E-state index in [0.717, 1.165) is 6.42 Å². The molecule has 2 atom stereocenters. The molecule has 144 valence electrons. The Morgan fingerprint density at radius 2 is 2.00 bits per heavy atom. The van der Waals surface area contributed by atoms with Crippen molar-refractivity contribution >= 4 is 19.9 Å². The molecule has 1 fully saturated rings. The second-order valence-electron chi connectivity index (χ2n) is 8.78. The van der Waals surface area contributed by atoms with Crippen molar-refractivity contribution in [3.63, 3.8) is 0 Å². The zero-order valence-corrected chi connectivity index (χ0v) is 18.4. The highest BCUT2D eigenvalue weighted by atomic mass is 28.4. The molecule has 0 spiro atoms. The number of ether oxygens (including phenoxy) is 1. The van der Waals surface area contributed by atoms with Crippen LogP contribution in [0.2, 0.25) is 18.1 Å². The van der Waals surface area contributed by atoms with Crippen molar-refractivity contribution in [2.45, 2.75) is 65.1 Å². The molecule has 1 aromatic carbocycles. The summed E-state index contributed by atoms with van der Waals surface area (Å²) < 4.78 is 11.4. The third-order valence-corrected chi connectivity index (χ3v) is 10.3. The van der Waals surface area contributed by atoms with Crippen molar-refractivity contribution in [1.29, 1.82) is 0 Å². The van der Waals surface area contributed by atoms with Gasteiger partial charge in [-0.05, 0) is 61.0 Å². The highest BCUT2D eigenvalue weighted by Gasteiger charge is 2.45. The Kier molecular flexibility index (Phi) is 6.51. The van der Waals surface area contributed by atoms with Crippen molar-refractivity contribution in [2.75, 3.05) is 13.2 Å². The molecule has 0 saturated heterocycles. The maximum Gasteiger partial charge on any atom is 0.309 e. The summed E-state index contributed by atoms with van der Waals surface area (Å²) in [5, 5.41) is 0.225. The molecule has 1 saturated carbocycles. The molecule has 0 unspecified atom stereocenters. The molecule has 0 N–H and O–H groups in total. The van der Waals surface area contributed by atoms with Gasteiger partial charge in [0.05, 0.1) is 19.1 Å². The first-order chi connectivity index (χ1) is 12.1. The molecule has 4 heteroatoms. The van der Waals surface area contributed by atoms with E-state index in [0.29, 0.717) is 19.1 Å². The second kappa shape index (κ2) is 8.09. The van der Waals surface area contributed by atoms with E-state index in [1.807, 2.05) is 6.92 Å². The minimum Gasteiger partial charge on any atom is -0.466 e. The Morgan fingerprint density at radius 1 is 1.31 bits per heavy atom. The largest absolute Gasteiger partial charge is 0.466 e. The second-order valence-corrected chi connectivity index (χ2v) is 13.6. The maximum absolute atomic E-state index is 11.9. The van der Waals surface area contributed by atoms with Crippen LogP contribution >= 0.6 is 0 Å². The van der Waals surface area contributed by atoms with Crippen molar-refractivity contribution in [3.05, 3.63) is 41.5 Å². The maximum atomic E-state index is 11.9. The molecule has 0 radical (unpaired) electrons. The van der Waals surface area contributed by atoms with Crippen molar-refractivity contribution in [2.24, 2.45) is 5.92 Å². The molecule has 0 heterocycles. The Bertz CT molecular complexity index is 670. The fraction of sp³-hybridized carbons (Fsp3) is 0.591. The van der Waals surface area contributed by atoms with Gasteiger partial charge in [-0.2, -0.15) is 0 Å². The molecular weight excluding hydrogens is 340 g/mol. The number of carbonyl (C=O) groups excluding carboxylic acids is 1. The fourth-order valence-electron chi connectivity index (χ4n) is 2.80. The third-order valence-electron chi connectivity index (χ3n) is 5.79. The van der Waals surface area contributed by atoms with Crippen LogP contribution in [0.15, 0.2) is 30.3 Å². The predicted octanol–water partition coefficient (Wildman–Crippen LogP) is 5.78. The SMILES string of the molecule is CCOC(=O)[C@@H]1C[C@H]1c1cccc(/C(C)=C/CO[Si](C)(C)C(C)(C)C)c1. The summed E-state index contributed by atoms with van der Waals surface area (Å²) in [6.07, 6.45) is 3.08. The molecule has 1 aliphatic rings. The van der Waals surface area contributed by atoms with E-state index in [-0.39, 0.29) is 16.9 Å². The van der Waals surface area contributed by atoms with Gasteiger partial charge in [0.2, 0.25) is 0 Å². The minimum atomic E-state index is -1.72. The van der Waals surface area contributed by atoms with Gasteiger partial charge in [-0.1, -0.05) is 51.1 Å². The molecule has 2 rings (SSSR count). The molecule has 26 heavy (non-hydrogen) atoms. The number of allylic oxidation sites excluding steroid dienone is 1. The lowest BCUT2D eigenvalue weighted by Crippen LogP contribution is -2.40. The van der Waals surface area contributed by atoms with E-state index in [1.54, 1.807) is 0 Å². The van der Waals surface area contributed by atoms with Gasteiger partial charge in [-0.3, -0.25) is 4.79 Å². The monoisotopic (exact) mass is 374 g/mol. The first-order valence-corrected chi connectivity index (χ1v) is 12.6. The van der Waals surface area contributed by atoms with E-state index < -0.39 is 8.32 Å². The Labute approximate surface area is 159 Å². The topological polar surface area (TPSA) is 35.5 Å². The summed E-state index contributed by atoms with van der Waals surface area (Å²) >= 11 is 0. The van der Waals surface area contributed by atoms with Crippen LogP contribution < -0.4 is 0 Å². The summed E-state index contributed by atoms with van der Waals surface area (Å²) in [4.78, 5) is 11.9. The van der Waals surface area contributed by atoms with Gasteiger partial charge in [0.15, 0.2) is 8.32 Å². The molecular formula is C22H34O3Si. The van der Waals surface area contributed by atoms with E-state index >= 15 is 0 Å². The minimum absolute atomic E-state index is 0.0383. The lowest BCUT2D eigenvalue weighted by atomic mass is 10.0. The summed E-state index contributed by atoms with van der Waals surface area (Å²) in [5.41, 5.74) is 3.66. The summed E-state index contributed by atoms with van der Waals surface area (Å²) in [7, 11) is -1.72. The summed E-state index contributed by atoms with van der Waals surface area (Å²) in [5.74, 6) is 0.291. The van der Waals surface area contributed by atoms with E-state index in [2.05, 4.69) is 71.1 Å².